The quantitative estimate of drug-likeness (QED) is 0.659. The van der Waals surface area contributed by atoms with Crippen LogP contribution in [-0.2, 0) is 4.74 Å². The zero-order chi connectivity index (χ0) is 18.0. The molecule has 0 bridgehead atoms. The number of aryl methyl sites for hydroxylation is 1. The van der Waals surface area contributed by atoms with Crippen LogP contribution >= 0.6 is 0 Å². The fourth-order valence-corrected chi connectivity index (χ4v) is 2.73. The maximum Gasteiger partial charge on any atom is 0.357 e. The number of hydrogen-bond acceptors (Lipinski definition) is 3. The maximum absolute atomic E-state index is 14.0. The van der Waals surface area contributed by atoms with Crippen molar-refractivity contribution in [3.05, 3.63) is 71.2 Å². The second kappa shape index (κ2) is 6.89. The Morgan fingerprint density at radius 1 is 1.16 bits per heavy atom. The molecule has 0 aliphatic heterocycles. The molecule has 0 aliphatic carbocycles. The maximum atomic E-state index is 14.0. The number of halogens is 1. The molecule has 0 N–H and O–H groups in total. The highest BCUT2D eigenvalue weighted by Gasteiger charge is 2.20. The van der Waals surface area contributed by atoms with E-state index in [0.29, 0.717) is 16.9 Å². The number of carbonyl (C=O) groups excluding carboxylic acids is 1. The summed E-state index contributed by atoms with van der Waals surface area (Å²) in [5.41, 5.74) is 3.81. The Balaban J connectivity index is 2.21. The molecule has 0 saturated carbocycles. The molecule has 0 unspecified atom stereocenters. The van der Waals surface area contributed by atoms with Crippen LogP contribution in [0.25, 0.3) is 16.9 Å². The minimum atomic E-state index is -0.488. The Bertz CT molecular complexity index is 931. The highest BCUT2D eigenvalue weighted by atomic mass is 19.1. The summed E-state index contributed by atoms with van der Waals surface area (Å²) >= 11 is 0. The Morgan fingerprint density at radius 3 is 2.64 bits per heavy atom. The molecule has 128 valence electrons. The summed E-state index contributed by atoms with van der Waals surface area (Å²) in [6.45, 7) is 5.64. The third-order valence-corrected chi connectivity index (χ3v) is 4.08. The van der Waals surface area contributed by atoms with Gasteiger partial charge < -0.3 is 4.74 Å². The first kappa shape index (κ1) is 16.9. The Morgan fingerprint density at radius 2 is 1.92 bits per heavy atom. The predicted molar refractivity (Wildman–Crippen MR) is 94.4 cm³/mol. The molecule has 0 amide bonds. The molecule has 0 radical (unpaired) electrons. The molecular formula is C20H19FN2O2. The molecule has 3 aromatic rings. The topological polar surface area (TPSA) is 44.1 Å². The number of ether oxygens (including phenoxy) is 1. The van der Waals surface area contributed by atoms with E-state index in [1.807, 2.05) is 31.2 Å². The van der Waals surface area contributed by atoms with Gasteiger partial charge in [-0.1, -0.05) is 30.3 Å². The summed E-state index contributed by atoms with van der Waals surface area (Å²) in [5, 5.41) is 4.57. The third kappa shape index (κ3) is 3.18. The van der Waals surface area contributed by atoms with Crippen molar-refractivity contribution >= 4 is 5.97 Å². The van der Waals surface area contributed by atoms with E-state index < -0.39 is 5.97 Å². The van der Waals surface area contributed by atoms with Crippen LogP contribution in [0.4, 0.5) is 4.39 Å². The average molecular weight is 338 g/mol. The smallest absolute Gasteiger partial charge is 0.357 e. The zero-order valence-corrected chi connectivity index (χ0v) is 14.4. The lowest BCUT2D eigenvalue weighted by Gasteiger charge is -2.10. The molecule has 0 saturated heterocycles. The van der Waals surface area contributed by atoms with Crippen molar-refractivity contribution in [1.82, 2.24) is 9.78 Å². The van der Waals surface area contributed by atoms with E-state index in [1.165, 1.54) is 10.7 Å². The lowest BCUT2D eigenvalue weighted by Crippen LogP contribution is -2.13. The molecule has 0 aliphatic rings. The van der Waals surface area contributed by atoms with Gasteiger partial charge in [0.25, 0.3) is 0 Å². The molecule has 0 spiro atoms. The molecule has 1 aromatic heterocycles. The van der Waals surface area contributed by atoms with Crippen molar-refractivity contribution < 1.29 is 13.9 Å². The fourth-order valence-electron chi connectivity index (χ4n) is 2.73. The van der Waals surface area contributed by atoms with E-state index in [1.54, 1.807) is 32.0 Å². The van der Waals surface area contributed by atoms with E-state index in [0.717, 1.165) is 11.1 Å². The van der Waals surface area contributed by atoms with Crippen molar-refractivity contribution in [3.8, 4) is 16.9 Å². The van der Waals surface area contributed by atoms with E-state index in [-0.39, 0.29) is 18.1 Å². The van der Waals surface area contributed by atoms with Crippen LogP contribution in [0.2, 0.25) is 0 Å². The lowest BCUT2D eigenvalue weighted by atomic mass is 10.1. The number of benzene rings is 2. The summed E-state index contributed by atoms with van der Waals surface area (Å²) in [6.07, 6.45) is 0. The first-order valence-electron chi connectivity index (χ1n) is 8.11. The predicted octanol–water partition coefficient (Wildman–Crippen LogP) is 4.47. The standard InChI is InChI=1S/C20H19FN2O2/c1-4-25-20(24)19-12-17(15-9-6-5-8-13(15)2)22-23(19)18-11-7-10-16(21)14(18)3/h5-12H,4H2,1-3H3. The van der Waals surface area contributed by atoms with Crippen LogP contribution in [-0.4, -0.2) is 22.4 Å². The molecule has 5 heteroatoms. The largest absolute Gasteiger partial charge is 0.461 e. The van der Waals surface area contributed by atoms with Crippen molar-refractivity contribution in [1.29, 1.82) is 0 Å². The van der Waals surface area contributed by atoms with Gasteiger partial charge in [0, 0.05) is 11.1 Å². The lowest BCUT2D eigenvalue weighted by molar-refractivity contribution is 0.0515. The number of nitrogens with zero attached hydrogens (tertiary/aromatic N) is 2. The Hall–Kier alpha value is -2.95. The number of aromatic nitrogens is 2. The van der Waals surface area contributed by atoms with Crippen LogP contribution in [0, 0.1) is 19.7 Å². The highest BCUT2D eigenvalue weighted by Crippen LogP contribution is 2.26. The molecule has 0 fully saturated rings. The van der Waals surface area contributed by atoms with Gasteiger partial charge >= 0.3 is 5.97 Å². The van der Waals surface area contributed by atoms with Gasteiger partial charge in [-0.25, -0.2) is 13.9 Å². The molecule has 25 heavy (non-hydrogen) atoms. The molecule has 2 aromatic carbocycles. The third-order valence-electron chi connectivity index (χ3n) is 4.08. The molecule has 4 nitrogen and oxygen atoms in total. The van der Waals surface area contributed by atoms with Gasteiger partial charge in [0.15, 0.2) is 5.69 Å². The number of rotatable bonds is 4. The fraction of sp³-hybridized carbons (Fsp3) is 0.200. The Kier molecular flexibility index (Phi) is 4.65. The number of esters is 1. The van der Waals surface area contributed by atoms with Crippen LogP contribution in [0.5, 0.6) is 0 Å². The molecular weight excluding hydrogens is 319 g/mol. The van der Waals surface area contributed by atoms with Gasteiger partial charge in [0.1, 0.15) is 5.82 Å². The number of hydrogen-bond donors (Lipinski definition) is 0. The second-order valence-corrected chi connectivity index (χ2v) is 5.75. The van der Waals surface area contributed by atoms with Crippen LogP contribution in [0.1, 0.15) is 28.5 Å². The summed E-state index contributed by atoms with van der Waals surface area (Å²) in [7, 11) is 0. The van der Waals surface area contributed by atoms with Gasteiger partial charge in [-0.05, 0) is 44.5 Å². The summed E-state index contributed by atoms with van der Waals surface area (Å²) in [5.74, 6) is -0.834. The zero-order valence-electron chi connectivity index (χ0n) is 14.4. The van der Waals surface area contributed by atoms with E-state index in [4.69, 9.17) is 4.74 Å². The van der Waals surface area contributed by atoms with Crippen molar-refractivity contribution in [2.75, 3.05) is 6.61 Å². The first-order valence-corrected chi connectivity index (χ1v) is 8.11. The van der Waals surface area contributed by atoms with Crippen LogP contribution in [0.15, 0.2) is 48.5 Å². The monoisotopic (exact) mass is 338 g/mol. The normalized spacial score (nSPS) is 10.7. The SMILES string of the molecule is CCOC(=O)c1cc(-c2ccccc2C)nn1-c1cccc(F)c1C. The average Bonchev–Trinajstić information content (AvgIpc) is 3.03. The summed E-state index contributed by atoms with van der Waals surface area (Å²) in [4.78, 5) is 12.4. The van der Waals surface area contributed by atoms with E-state index >= 15 is 0 Å². The van der Waals surface area contributed by atoms with Crippen molar-refractivity contribution in [2.45, 2.75) is 20.8 Å². The van der Waals surface area contributed by atoms with Crippen LogP contribution < -0.4 is 0 Å². The van der Waals surface area contributed by atoms with E-state index in [9.17, 15) is 9.18 Å². The van der Waals surface area contributed by atoms with Crippen LogP contribution in [0.3, 0.4) is 0 Å². The minimum Gasteiger partial charge on any atom is -0.461 e. The molecule has 3 rings (SSSR count). The number of carbonyl (C=O) groups is 1. The van der Waals surface area contributed by atoms with Gasteiger partial charge in [-0.3, -0.25) is 0 Å². The van der Waals surface area contributed by atoms with Crippen molar-refractivity contribution in [2.24, 2.45) is 0 Å². The summed E-state index contributed by atoms with van der Waals surface area (Å²) < 4.78 is 20.6. The first-order chi connectivity index (χ1) is 12.0. The van der Waals surface area contributed by atoms with Gasteiger partial charge in [-0.2, -0.15) is 5.10 Å². The minimum absolute atomic E-state index is 0.256. The highest BCUT2D eigenvalue weighted by molar-refractivity contribution is 5.90. The van der Waals surface area contributed by atoms with Gasteiger partial charge in [-0.15, -0.1) is 0 Å². The van der Waals surface area contributed by atoms with E-state index in [2.05, 4.69) is 5.10 Å². The van der Waals surface area contributed by atoms with Gasteiger partial charge in [0.2, 0.25) is 0 Å². The second-order valence-electron chi connectivity index (χ2n) is 5.75. The molecule has 0 atom stereocenters. The van der Waals surface area contributed by atoms with Gasteiger partial charge in [0.05, 0.1) is 18.0 Å². The summed E-state index contributed by atoms with van der Waals surface area (Å²) in [6, 6.07) is 14.2. The molecule has 1 heterocycles. The van der Waals surface area contributed by atoms with Crippen molar-refractivity contribution in [3.63, 3.8) is 0 Å². The Labute approximate surface area is 145 Å².